The fraction of sp³-hybridized carbons (Fsp3) is 0.167. The number of hydrogen-bond acceptors (Lipinski definition) is 2. The van der Waals surface area contributed by atoms with E-state index in [1.54, 1.807) is 12.2 Å². The van der Waals surface area contributed by atoms with Crippen LogP contribution < -0.4 is 0 Å². The van der Waals surface area contributed by atoms with Crippen LogP contribution in [0.4, 0.5) is 0 Å². The Labute approximate surface area is 49.0 Å². The number of nitrogens with one attached hydrogen (secondary N) is 1. The van der Waals surface area contributed by atoms with Crippen molar-refractivity contribution in [3.63, 3.8) is 0 Å². The summed E-state index contributed by atoms with van der Waals surface area (Å²) >= 11 is 0. The van der Waals surface area contributed by atoms with E-state index >= 15 is 0 Å². The highest BCUT2D eigenvalue weighted by Gasteiger charge is 1.80. The highest BCUT2D eigenvalue weighted by Crippen LogP contribution is 1.87. The lowest BCUT2D eigenvalue weighted by Crippen LogP contribution is -1.83. The van der Waals surface area contributed by atoms with Gasteiger partial charge in [-0.3, -0.25) is 0 Å². The molecule has 8 heavy (non-hydrogen) atoms. The Kier molecular flexibility index (Phi) is 3.58. The molecule has 1 N–H and O–H groups in total. The number of ether oxygens (including phenoxy) is 1. The lowest BCUT2D eigenvalue weighted by atomic mass is 10.4. The fourth-order valence-corrected chi connectivity index (χ4v) is 0.291. The maximum atomic E-state index is 6.70. The van der Waals surface area contributed by atoms with Gasteiger partial charge in [0.15, 0.2) is 0 Å². The van der Waals surface area contributed by atoms with E-state index in [2.05, 4.69) is 11.3 Å². The van der Waals surface area contributed by atoms with Gasteiger partial charge in [-0.05, 0) is 6.08 Å². The SMILES string of the molecule is C=C/C=C(/C=N)OC. The van der Waals surface area contributed by atoms with Gasteiger partial charge in [0, 0.05) is 0 Å². The highest BCUT2D eigenvalue weighted by atomic mass is 16.5. The zero-order chi connectivity index (χ0) is 6.41. The first kappa shape index (κ1) is 6.95. The van der Waals surface area contributed by atoms with Gasteiger partial charge in [0.2, 0.25) is 0 Å². The third kappa shape index (κ3) is 2.18. The summed E-state index contributed by atoms with van der Waals surface area (Å²) in [4.78, 5) is 0. The van der Waals surface area contributed by atoms with Crippen LogP contribution in [0, 0.1) is 5.41 Å². The van der Waals surface area contributed by atoms with E-state index < -0.39 is 0 Å². The largest absolute Gasteiger partial charge is 0.495 e. The Hall–Kier alpha value is -1.05. The predicted molar refractivity (Wildman–Crippen MR) is 34.1 cm³/mol. The van der Waals surface area contributed by atoms with Crippen molar-refractivity contribution in [3.05, 3.63) is 24.5 Å². The van der Waals surface area contributed by atoms with E-state index in [0.717, 1.165) is 6.21 Å². The maximum absolute atomic E-state index is 6.70. The normalized spacial score (nSPS) is 10.4. The molecule has 0 fully saturated rings. The minimum atomic E-state index is 0.514. The average molecular weight is 111 g/mol. The Morgan fingerprint density at radius 1 is 1.75 bits per heavy atom. The van der Waals surface area contributed by atoms with Crippen LogP contribution in [-0.4, -0.2) is 13.3 Å². The van der Waals surface area contributed by atoms with Crippen LogP contribution in [0.25, 0.3) is 0 Å². The molecule has 2 nitrogen and oxygen atoms in total. The molecule has 0 aromatic rings. The summed E-state index contributed by atoms with van der Waals surface area (Å²) in [6, 6.07) is 0. The first-order valence-corrected chi connectivity index (χ1v) is 2.22. The quantitative estimate of drug-likeness (QED) is 0.333. The molecule has 0 aliphatic carbocycles. The topological polar surface area (TPSA) is 33.1 Å². The van der Waals surface area contributed by atoms with E-state index in [1.807, 2.05) is 0 Å². The molecule has 0 aliphatic rings. The average Bonchev–Trinajstić information content (AvgIpc) is 1.83. The highest BCUT2D eigenvalue weighted by molar-refractivity contribution is 5.73. The van der Waals surface area contributed by atoms with E-state index in [1.165, 1.54) is 7.11 Å². The number of hydrogen-bond donors (Lipinski definition) is 1. The summed E-state index contributed by atoms with van der Waals surface area (Å²) in [5.41, 5.74) is 0. The Morgan fingerprint density at radius 2 is 2.38 bits per heavy atom. The third-order valence-electron chi connectivity index (χ3n) is 0.660. The van der Waals surface area contributed by atoms with Gasteiger partial charge in [0.25, 0.3) is 0 Å². The predicted octanol–water partition coefficient (Wildman–Crippen LogP) is 1.35. The van der Waals surface area contributed by atoms with Crippen molar-refractivity contribution < 1.29 is 4.74 Å². The summed E-state index contributed by atoms with van der Waals surface area (Å²) < 4.78 is 4.69. The molecule has 0 heterocycles. The van der Waals surface area contributed by atoms with Crippen molar-refractivity contribution in [1.82, 2.24) is 0 Å². The molecule has 0 aromatic heterocycles. The molecular weight excluding hydrogens is 102 g/mol. The van der Waals surface area contributed by atoms with Gasteiger partial charge in [-0.2, -0.15) is 0 Å². The molecule has 44 valence electrons. The van der Waals surface area contributed by atoms with Crippen molar-refractivity contribution in [1.29, 1.82) is 5.41 Å². The van der Waals surface area contributed by atoms with E-state index in [9.17, 15) is 0 Å². The van der Waals surface area contributed by atoms with Crippen molar-refractivity contribution >= 4 is 6.21 Å². The van der Waals surface area contributed by atoms with Crippen LogP contribution >= 0.6 is 0 Å². The van der Waals surface area contributed by atoms with Gasteiger partial charge in [-0.15, -0.1) is 0 Å². The standard InChI is InChI=1S/C6H9NO/c1-3-4-6(5-7)8-2/h3-5,7H,1H2,2H3/b6-4-,7-5?. The molecule has 0 rings (SSSR count). The first-order valence-electron chi connectivity index (χ1n) is 2.22. The van der Waals surface area contributed by atoms with E-state index in [-0.39, 0.29) is 0 Å². The first-order chi connectivity index (χ1) is 3.85. The van der Waals surface area contributed by atoms with Gasteiger partial charge in [-0.1, -0.05) is 12.7 Å². The molecule has 0 aromatic carbocycles. The molecule has 0 atom stereocenters. The second kappa shape index (κ2) is 4.12. The van der Waals surface area contributed by atoms with Crippen LogP contribution in [0.1, 0.15) is 0 Å². The second-order valence-electron chi connectivity index (χ2n) is 1.15. The third-order valence-corrected chi connectivity index (χ3v) is 0.660. The van der Waals surface area contributed by atoms with Crippen molar-refractivity contribution in [2.24, 2.45) is 0 Å². The maximum Gasteiger partial charge on any atom is 0.136 e. The Balaban J connectivity index is 3.84. The number of allylic oxidation sites excluding steroid dienone is 3. The lowest BCUT2D eigenvalue weighted by molar-refractivity contribution is 0.317. The summed E-state index contributed by atoms with van der Waals surface area (Å²) in [6.07, 6.45) is 4.32. The fourth-order valence-electron chi connectivity index (χ4n) is 0.291. The van der Waals surface area contributed by atoms with Crippen molar-refractivity contribution in [2.45, 2.75) is 0 Å². The molecule has 0 spiro atoms. The smallest absolute Gasteiger partial charge is 0.136 e. The molecule has 0 bridgehead atoms. The van der Waals surface area contributed by atoms with Gasteiger partial charge in [0.1, 0.15) is 5.76 Å². The lowest BCUT2D eigenvalue weighted by Gasteiger charge is -1.92. The zero-order valence-electron chi connectivity index (χ0n) is 4.85. The molecule has 2 heteroatoms. The van der Waals surface area contributed by atoms with Gasteiger partial charge in [-0.25, -0.2) is 0 Å². The van der Waals surface area contributed by atoms with Crippen LogP contribution in [0.2, 0.25) is 0 Å². The summed E-state index contributed by atoms with van der Waals surface area (Å²) in [7, 11) is 1.51. The van der Waals surface area contributed by atoms with Crippen molar-refractivity contribution in [2.75, 3.05) is 7.11 Å². The van der Waals surface area contributed by atoms with E-state index in [0.29, 0.717) is 5.76 Å². The minimum Gasteiger partial charge on any atom is -0.495 e. The summed E-state index contributed by atoms with van der Waals surface area (Å²) in [5, 5.41) is 6.70. The molecular formula is C6H9NO. The van der Waals surface area contributed by atoms with E-state index in [4.69, 9.17) is 5.41 Å². The molecule has 0 saturated heterocycles. The zero-order valence-corrected chi connectivity index (χ0v) is 4.85. The van der Waals surface area contributed by atoms with Gasteiger partial charge in [0.05, 0.1) is 13.3 Å². The monoisotopic (exact) mass is 111 g/mol. The molecule has 0 unspecified atom stereocenters. The molecule has 0 radical (unpaired) electrons. The molecule has 0 aliphatic heterocycles. The second-order valence-corrected chi connectivity index (χ2v) is 1.15. The van der Waals surface area contributed by atoms with Crippen LogP contribution in [0.3, 0.4) is 0 Å². The van der Waals surface area contributed by atoms with Crippen LogP contribution in [0.5, 0.6) is 0 Å². The summed E-state index contributed by atoms with van der Waals surface area (Å²) in [6.45, 7) is 3.44. The molecule has 0 amide bonds. The minimum absolute atomic E-state index is 0.514. The van der Waals surface area contributed by atoms with Gasteiger partial charge < -0.3 is 10.1 Å². The van der Waals surface area contributed by atoms with Crippen LogP contribution in [0.15, 0.2) is 24.5 Å². The van der Waals surface area contributed by atoms with Gasteiger partial charge >= 0.3 is 0 Å². The molecule has 0 saturated carbocycles. The Bertz CT molecular complexity index is 116. The van der Waals surface area contributed by atoms with Crippen molar-refractivity contribution in [3.8, 4) is 0 Å². The Morgan fingerprint density at radius 3 is 2.50 bits per heavy atom. The number of methoxy groups -OCH3 is 1. The number of rotatable bonds is 3. The van der Waals surface area contributed by atoms with Crippen LogP contribution in [-0.2, 0) is 4.74 Å². The summed E-state index contributed by atoms with van der Waals surface area (Å²) in [5.74, 6) is 0.514.